The van der Waals surface area contributed by atoms with E-state index in [-0.39, 0.29) is 0 Å². The van der Waals surface area contributed by atoms with Crippen LogP contribution >= 0.6 is 0 Å². The van der Waals surface area contributed by atoms with Crippen LogP contribution in [0, 0.1) is 10.8 Å². The summed E-state index contributed by atoms with van der Waals surface area (Å²) in [6, 6.07) is 0. The maximum Gasteiger partial charge on any atom is 0.00333 e. The third-order valence-electron chi connectivity index (χ3n) is 3.83. The predicted octanol–water partition coefficient (Wildman–Crippen LogP) is 5.51. The fraction of sp³-hybridized carbons (Fsp3) is 0.750. The van der Waals surface area contributed by atoms with Gasteiger partial charge in [-0.3, -0.25) is 0 Å². The minimum absolute atomic E-state index is 0.321. The normalized spacial score (nSPS) is 33.2. The third-order valence-corrected chi connectivity index (χ3v) is 3.83. The second-order valence-electron chi connectivity index (χ2n) is 5.89. The smallest absolute Gasteiger partial charge is 0.00333 e. The first-order valence-electron chi connectivity index (χ1n) is 6.94. The first kappa shape index (κ1) is 13.5. The van der Waals surface area contributed by atoms with E-state index in [1.54, 1.807) is 0 Å². The number of hydrogen-bond donors (Lipinski definition) is 0. The second-order valence-corrected chi connectivity index (χ2v) is 5.89. The highest BCUT2D eigenvalue weighted by Crippen LogP contribution is 2.39. The van der Waals surface area contributed by atoms with Crippen LogP contribution in [0.2, 0.25) is 0 Å². The van der Waals surface area contributed by atoms with Crippen molar-refractivity contribution in [2.45, 2.75) is 66.2 Å². The second kappa shape index (κ2) is 5.70. The average molecular weight is 220 g/mol. The molecule has 0 aromatic rings. The standard InChI is InChI=1S/C16H28/c1-5-7-9-15(3)11-13-16(4,14-12-15)10-8-6-2/h11-14H,5-10H2,1-4H3. The Labute approximate surface area is 102 Å². The van der Waals surface area contributed by atoms with Gasteiger partial charge in [0, 0.05) is 10.8 Å². The van der Waals surface area contributed by atoms with Crippen molar-refractivity contribution < 1.29 is 0 Å². The maximum atomic E-state index is 2.44. The summed E-state index contributed by atoms with van der Waals surface area (Å²) in [6.45, 7) is 9.25. The first-order chi connectivity index (χ1) is 7.54. The number of hydrogen-bond acceptors (Lipinski definition) is 0. The van der Waals surface area contributed by atoms with E-state index in [1.165, 1.54) is 38.5 Å². The summed E-state index contributed by atoms with van der Waals surface area (Å²) < 4.78 is 0. The molecule has 0 bridgehead atoms. The molecule has 0 fully saturated rings. The van der Waals surface area contributed by atoms with Crippen molar-refractivity contribution in [3.63, 3.8) is 0 Å². The molecular weight excluding hydrogens is 192 g/mol. The van der Waals surface area contributed by atoms with Gasteiger partial charge in [0.1, 0.15) is 0 Å². The van der Waals surface area contributed by atoms with Crippen molar-refractivity contribution >= 4 is 0 Å². The molecular formula is C16H28. The van der Waals surface area contributed by atoms with Gasteiger partial charge in [0.05, 0.1) is 0 Å². The van der Waals surface area contributed by atoms with E-state index in [9.17, 15) is 0 Å². The van der Waals surface area contributed by atoms with Crippen LogP contribution in [0.1, 0.15) is 66.2 Å². The molecule has 0 saturated carbocycles. The van der Waals surface area contributed by atoms with E-state index in [0.29, 0.717) is 10.8 Å². The zero-order valence-corrected chi connectivity index (χ0v) is 11.6. The lowest BCUT2D eigenvalue weighted by Gasteiger charge is -2.32. The Kier molecular flexibility index (Phi) is 4.83. The molecule has 0 atom stereocenters. The molecule has 0 N–H and O–H groups in total. The highest BCUT2D eigenvalue weighted by atomic mass is 14.3. The van der Waals surface area contributed by atoms with Gasteiger partial charge < -0.3 is 0 Å². The van der Waals surface area contributed by atoms with Crippen molar-refractivity contribution in [3.05, 3.63) is 24.3 Å². The molecule has 0 unspecified atom stereocenters. The van der Waals surface area contributed by atoms with Gasteiger partial charge in [-0.05, 0) is 12.8 Å². The molecule has 1 aliphatic rings. The molecule has 0 heteroatoms. The van der Waals surface area contributed by atoms with Crippen LogP contribution < -0.4 is 0 Å². The third kappa shape index (κ3) is 3.81. The van der Waals surface area contributed by atoms with Crippen molar-refractivity contribution in [2.24, 2.45) is 10.8 Å². The molecule has 0 heterocycles. The van der Waals surface area contributed by atoms with Crippen LogP contribution in [-0.2, 0) is 0 Å². The fourth-order valence-corrected chi connectivity index (χ4v) is 2.32. The van der Waals surface area contributed by atoms with Crippen molar-refractivity contribution in [1.29, 1.82) is 0 Å². The van der Waals surface area contributed by atoms with E-state index >= 15 is 0 Å². The zero-order valence-electron chi connectivity index (χ0n) is 11.6. The molecule has 0 aromatic heterocycles. The fourth-order valence-electron chi connectivity index (χ4n) is 2.32. The van der Waals surface area contributed by atoms with Gasteiger partial charge in [-0.2, -0.15) is 0 Å². The van der Waals surface area contributed by atoms with Gasteiger partial charge in [-0.1, -0.05) is 77.7 Å². The molecule has 0 amide bonds. The summed E-state index contributed by atoms with van der Waals surface area (Å²) in [5.41, 5.74) is 0.642. The van der Waals surface area contributed by atoms with E-state index in [2.05, 4.69) is 52.0 Å². The van der Waals surface area contributed by atoms with Crippen molar-refractivity contribution in [1.82, 2.24) is 0 Å². The summed E-state index contributed by atoms with van der Waals surface area (Å²) in [5, 5.41) is 0. The summed E-state index contributed by atoms with van der Waals surface area (Å²) in [5.74, 6) is 0. The Balaban J connectivity index is 2.56. The Hall–Kier alpha value is -0.520. The quantitative estimate of drug-likeness (QED) is 0.518. The van der Waals surface area contributed by atoms with Crippen LogP contribution in [0.15, 0.2) is 24.3 Å². The minimum Gasteiger partial charge on any atom is -0.0780 e. The van der Waals surface area contributed by atoms with Gasteiger partial charge in [0.25, 0.3) is 0 Å². The van der Waals surface area contributed by atoms with Crippen LogP contribution in [0.4, 0.5) is 0 Å². The molecule has 0 nitrogen and oxygen atoms in total. The lowest BCUT2D eigenvalue weighted by Crippen LogP contribution is -2.20. The van der Waals surface area contributed by atoms with Gasteiger partial charge in [-0.25, -0.2) is 0 Å². The average Bonchev–Trinajstić information content (AvgIpc) is 2.29. The lowest BCUT2D eigenvalue weighted by molar-refractivity contribution is 0.413. The van der Waals surface area contributed by atoms with Crippen molar-refractivity contribution in [3.8, 4) is 0 Å². The number of unbranched alkanes of at least 4 members (excludes halogenated alkanes) is 2. The first-order valence-corrected chi connectivity index (χ1v) is 6.94. The zero-order chi connectivity index (χ0) is 12.1. The Morgan fingerprint density at radius 3 is 1.25 bits per heavy atom. The Morgan fingerprint density at radius 2 is 1.00 bits per heavy atom. The number of allylic oxidation sites excluding steroid dienone is 4. The molecule has 0 aliphatic heterocycles. The summed E-state index contributed by atoms with van der Waals surface area (Å²) >= 11 is 0. The van der Waals surface area contributed by atoms with E-state index in [1.807, 2.05) is 0 Å². The Morgan fingerprint density at radius 1 is 0.688 bits per heavy atom. The van der Waals surface area contributed by atoms with Crippen LogP contribution in [0.5, 0.6) is 0 Å². The van der Waals surface area contributed by atoms with Gasteiger partial charge in [-0.15, -0.1) is 0 Å². The van der Waals surface area contributed by atoms with Crippen molar-refractivity contribution in [2.75, 3.05) is 0 Å². The number of rotatable bonds is 6. The van der Waals surface area contributed by atoms with Gasteiger partial charge >= 0.3 is 0 Å². The maximum absolute atomic E-state index is 2.44. The summed E-state index contributed by atoms with van der Waals surface area (Å²) in [6.07, 6.45) is 17.6. The highest BCUT2D eigenvalue weighted by molar-refractivity contribution is 5.23. The molecule has 0 saturated heterocycles. The molecule has 16 heavy (non-hydrogen) atoms. The monoisotopic (exact) mass is 220 g/mol. The summed E-state index contributed by atoms with van der Waals surface area (Å²) in [4.78, 5) is 0. The van der Waals surface area contributed by atoms with E-state index in [4.69, 9.17) is 0 Å². The lowest BCUT2D eigenvalue weighted by atomic mass is 9.73. The van der Waals surface area contributed by atoms with Gasteiger partial charge in [0.2, 0.25) is 0 Å². The molecule has 0 radical (unpaired) electrons. The highest BCUT2D eigenvalue weighted by Gasteiger charge is 2.26. The Bertz CT molecular complexity index is 217. The SMILES string of the molecule is CCCCC1(C)C=CC(C)(CCCC)C=C1. The van der Waals surface area contributed by atoms with Crippen LogP contribution in [-0.4, -0.2) is 0 Å². The molecule has 92 valence electrons. The van der Waals surface area contributed by atoms with E-state index in [0.717, 1.165) is 0 Å². The minimum atomic E-state index is 0.321. The summed E-state index contributed by atoms with van der Waals surface area (Å²) in [7, 11) is 0. The topological polar surface area (TPSA) is 0 Å². The molecule has 0 spiro atoms. The largest absolute Gasteiger partial charge is 0.0780 e. The molecule has 1 aliphatic carbocycles. The predicted molar refractivity (Wildman–Crippen MR) is 73.5 cm³/mol. The van der Waals surface area contributed by atoms with E-state index < -0.39 is 0 Å². The van der Waals surface area contributed by atoms with Crippen LogP contribution in [0.25, 0.3) is 0 Å². The molecule has 1 rings (SSSR count). The van der Waals surface area contributed by atoms with Gasteiger partial charge in [0.15, 0.2) is 0 Å². The van der Waals surface area contributed by atoms with Crippen LogP contribution in [0.3, 0.4) is 0 Å². The molecule has 0 aromatic carbocycles.